The van der Waals surface area contributed by atoms with E-state index in [0.29, 0.717) is 23.6 Å². The number of pyridine rings is 1. The van der Waals surface area contributed by atoms with Gasteiger partial charge in [0.2, 0.25) is 0 Å². The summed E-state index contributed by atoms with van der Waals surface area (Å²) in [6, 6.07) is 11.3. The molecule has 8 nitrogen and oxygen atoms in total. The summed E-state index contributed by atoms with van der Waals surface area (Å²) in [6.45, 7) is 11.8. The van der Waals surface area contributed by atoms with Gasteiger partial charge < -0.3 is 15.0 Å². The quantitative estimate of drug-likeness (QED) is 0.616. The molecule has 8 heteroatoms. The fraction of sp³-hybridized carbons (Fsp3) is 0.462. The zero-order chi connectivity index (χ0) is 25.1. The second-order valence-electron chi connectivity index (χ2n) is 10.5. The molecule has 1 aromatic carbocycles. The van der Waals surface area contributed by atoms with Crippen molar-refractivity contribution < 1.29 is 19.1 Å². The fourth-order valence-corrected chi connectivity index (χ4v) is 4.06. The highest BCUT2D eigenvalue weighted by atomic mass is 16.6. The van der Waals surface area contributed by atoms with Crippen molar-refractivity contribution in [3.63, 3.8) is 0 Å². The molecule has 2 N–H and O–H groups in total. The first kappa shape index (κ1) is 25.2. The molecule has 1 aliphatic rings. The van der Waals surface area contributed by atoms with Crippen LogP contribution in [0.1, 0.15) is 64.6 Å². The zero-order valence-corrected chi connectivity index (χ0v) is 20.8. The number of carbonyl (C=O) groups is 3. The lowest BCUT2D eigenvalue weighted by atomic mass is 9.79. The number of aryl methyl sites for hydroxylation is 1. The summed E-state index contributed by atoms with van der Waals surface area (Å²) in [4.78, 5) is 44.0. The predicted molar refractivity (Wildman–Crippen MR) is 131 cm³/mol. The predicted octanol–water partition coefficient (Wildman–Crippen LogP) is 5.07. The molecule has 0 saturated carbocycles. The topological polar surface area (TPSA) is 101 Å². The van der Waals surface area contributed by atoms with Crippen molar-refractivity contribution in [2.45, 2.75) is 66.0 Å². The van der Waals surface area contributed by atoms with E-state index in [-0.39, 0.29) is 11.5 Å². The molecule has 0 aliphatic carbocycles. The molecule has 3 amide bonds. The maximum atomic E-state index is 13.2. The molecule has 182 valence electrons. The molecule has 1 saturated heterocycles. The summed E-state index contributed by atoms with van der Waals surface area (Å²) < 4.78 is 5.24. The van der Waals surface area contributed by atoms with Crippen molar-refractivity contribution in [3.8, 4) is 0 Å². The summed E-state index contributed by atoms with van der Waals surface area (Å²) in [6.07, 6.45) is 2.55. The van der Waals surface area contributed by atoms with Crippen molar-refractivity contribution in [3.05, 3.63) is 53.7 Å². The van der Waals surface area contributed by atoms with Crippen LogP contribution in [0.3, 0.4) is 0 Å². The summed E-state index contributed by atoms with van der Waals surface area (Å²) in [5.74, 6) is -0.969. The standard InChI is InChI=1S/C26H34N4O4/c1-17-14-19(15-27-21(17)29-24(33)34-25(2,3)4)28-22(31)23(32)30-16-26(5,6)13-12-20(30)18-10-8-7-9-11-18/h7-11,14-15,20H,12-13,16H2,1-6H3,(H,28,31)(H,27,29,33). The van der Waals surface area contributed by atoms with Gasteiger partial charge in [-0.3, -0.25) is 14.9 Å². The van der Waals surface area contributed by atoms with Crippen molar-refractivity contribution in [1.82, 2.24) is 9.88 Å². The molecule has 1 aliphatic heterocycles. The van der Waals surface area contributed by atoms with E-state index in [1.165, 1.54) is 6.20 Å². The first-order chi connectivity index (χ1) is 15.8. The normalized spacial score (nSPS) is 17.6. The number of piperidine rings is 1. The Bertz CT molecular complexity index is 1060. The monoisotopic (exact) mass is 466 g/mol. The van der Waals surface area contributed by atoms with Crippen LogP contribution >= 0.6 is 0 Å². The van der Waals surface area contributed by atoms with Crippen molar-refractivity contribution in [2.75, 3.05) is 17.2 Å². The molecule has 3 rings (SSSR count). The van der Waals surface area contributed by atoms with Gasteiger partial charge in [0.1, 0.15) is 11.4 Å². The van der Waals surface area contributed by atoms with Gasteiger partial charge in [-0.05, 0) is 63.1 Å². The van der Waals surface area contributed by atoms with Crippen LogP contribution in [-0.2, 0) is 14.3 Å². The number of hydrogen-bond acceptors (Lipinski definition) is 5. The Balaban J connectivity index is 1.72. The highest BCUT2D eigenvalue weighted by molar-refractivity contribution is 6.39. The molecule has 1 unspecified atom stereocenters. The third-order valence-electron chi connectivity index (χ3n) is 5.66. The Morgan fingerprint density at radius 1 is 1.12 bits per heavy atom. The van der Waals surface area contributed by atoms with E-state index in [1.54, 1.807) is 38.7 Å². The number of carbonyl (C=O) groups excluding carboxylic acids is 3. The van der Waals surface area contributed by atoms with Gasteiger partial charge in [0.05, 0.1) is 17.9 Å². The average molecular weight is 467 g/mol. The summed E-state index contributed by atoms with van der Waals surface area (Å²) >= 11 is 0. The SMILES string of the molecule is Cc1cc(NC(=O)C(=O)N2CC(C)(C)CCC2c2ccccc2)cnc1NC(=O)OC(C)(C)C. The number of rotatable bonds is 3. The molecule has 2 aromatic rings. The molecular formula is C26H34N4O4. The Labute approximate surface area is 201 Å². The second-order valence-corrected chi connectivity index (χ2v) is 10.5. The van der Waals surface area contributed by atoms with E-state index in [0.717, 1.165) is 18.4 Å². The molecule has 1 atom stereocenters. The number of likely N-dealkylation sites (tertiary alicyclic amines) is 1. The van der Waals surface area contributed by atoms with Crippen LogP contribution in [0.2, 0.25) is 0 Å². The summed E-state index contributed by atoms with van der Waals surface area (Å²) in [5.41, 5.74) is 1.31. The maximum Gasteiger partial charge on any atom is 0.413 e. The zero-order valence-electron chi connectivity index (χ0n) is 20.8. The van der Waals surface area contributed by atoms with Crippen LogP contribution in [0.4, 0.5) is 16.3 Å². The first-order valence-electron chi connectivity index (χ1n) is 11.5. The Morgan fingerprint density at radius 2 is 1.79 bits per heavy atom. The number of benzene rings is 1. The van der Waals surface area contributed by atoms with Gasteiger partial charge in [0, 0.05) is 6.54 Å². The lowest BCUT2D eigenvalue weighted by Gasteiger charge is -2.43. The van der Waals surface area contributed by atoms with Gasteiger partial charge in [-0.15, -0.1) is 0 Å². The van der Waals surface area contributed by atoms with Crippen LogP contribution in [0.15, 0.2) is 42.6 Å². The van der Waals surface area contributed by atoms with Gasteiger partial charge in [0.15, 0.2) is 0 Å². The van der Waals surface area contributed by atoms with Crippen LogP contribution < -0.4 is 10.6 Å². The minimum Gasteiger partial charge on any atom is -0.444 e. The summed E-state index contributed by atoms with van der Waals surface area (Å²) in [7, 11) is 0. The third kappa shape index (κ3) is 6.56. The van der Waals surface area contributed by atoms with Crippen molar-refractivity contribution in [2.24, 2.45) is 5.41 Å². The van der Waals surface area contributed by atoms with Crippen LogP contribution in [-0.4, -0.2) is 39.9 Å². The molecule has 0 radical (unpaired) electrons. The molecule has 2 heterocycles. The molecule has 1 fully saturated rings. The highest BCUT2D eigenvalue weighted by Gasteiger charge is 2.38. The Hall–Kier alpha value is -3.42. The number of nitrogens with zero attached hydrogens (tertiary/aromatic N) is 2. The Morgan fingerprint density at radius 3 is 2.41 bits per heavy atom. The highest BCUT2D eigenvalue weighted by Crippen LogP contribution is 2.39. The number of amides is 3. The molecule has 34 heavy (non-hydrogen) atoms. The molecule has 1 aromatic heterocycles. The lowest BCUT2D eigenvalue weighted by Crippen LogP contribution is -2.49. The molecular weight excluding hydrogens is 432 g/mol. The summed E-state index contributed by atoms with van der Waals surface area (Å²) in [5, 5.41) is 5.26. The minimum atomic E-state index is -0.715. The smallest absolute Gasteiger partial charge is 0.413 e. The largest absolute Gasteiger partial charge is 0.444 e. The third-order valence-corrected chi connectivity index (χ3v) is 5.66. The number of aromatic nitrogens is 1. The van der Waals surface area contributed by atoms with Crippen LogP contribution in [0.5, 0.6) is 0 Å². The van der Waals surface area contributed by atoms with Gasteiger partial charge in [-0.2, -0.15) is 0 Å². The molecule has 0 bridgehead atoms. The molecule has 0 spiro atoms. The van der Waals surface area contributed by atoms with E-state index in [1.807, 2.05) is 30.3 Å². The minimum absolute atomic E-state index is 0.0751. The van der Waals surface area contributed by atoms with Crippen molar-refractivity contribution >= 4 is 29.4 Å². The van der Waals surface area contributed by atoms with Crippen LogP contribution in [0.25, 0.3) is 0 Å². The maximum absolute atomic E-state index is 13.2. The fourth-order valence-electron chi connectivity index (χ4n) is 4.06. The lowest BCUT2D eigenvalue weighted by molar-refractivity contribution is -0.147. The van der Waals surface area contributed by atoms with Gasteiger partial charge in [-0.1, -0.05) is 44.2 Å². The number of nitrogens with one attached hydrogen (secondary N) is 2. The van der Waals surface area contributed by atoms with E-state index >= 15 is 0 Å². The van der Waals surface area contributed by atoms with Gasteiger partial charge in [-0.25, -0.2) is 9.78 Å². The number of anilines is 2. The van der Waals surface area contributed by atoms with Crippen molar-refractivity contribution in [1.29, 1.82) is 0 Å². The number of hydrogen-bond donors (Lipinski definition) is 2. The van der Waals surface area contributed by atoms with E-state index in [4.69, 9.17) is 4.74 Å². The van der Waals surface area contributed by atoms with Crippen LogP contribution in [0, 0.1) is 12.3 Å². The second kappa shape index (κ2) is 9.83. The van der Waals surface area contributed by atoms with E-state index < -0.39 is 23.5 Å². The van der Waals surface area contributed by atoms with Gasteiger partial charge in [0.25, 0.3) is 0 Å². The first-order valence-corrected chi connectivity index (χ1v) is 11.5. The van der Waals surface area contributed by atoms with E-state index in [9.17, 15) is 14.4 Å². The number of ether oxygens (including phenoxy) is 1. The average Bonchev–Trinajstić information content (AvgIpc) is 2.74. The Kier molecular flexibility index (Phi) is 7.29. The van der Waals surface area contributed by atoms with Gasteiger partial charge >= 0.3 is 17.9 Å². The van der Waals surface area contributed by atoms with E-state index in [2.05, 4.69) is 29.5 Å².